The molecule has 5 nitrogen and oxygen atoms in total. The summed E-state index contributed by atoms with van der Waals surface area (Å²) in [6, 6.07) is 23.6. The van der Waals surface area contributed by atoms with Crippen LogP contribution in [0.1, 0.15) is 46.3 Å². The Morgan fingerprint density at radius 1 is 0.821 bits per heavy atom. The maximum absolute atomic E-state index is 14.5. The van der Waals surface area contributed by atoms with Crippen molar-refractivity contribution in [2.24, 2.45) is 0 Å². The second kappa shape index (κ2) is 11.3. The van der Waals surface area contributed by atoms with Crippen LogP contribution in [0.4, 0.5) is 8.78 Å². The van der Waals surface area contributed by atoms with Gasteiger partial charge >= 0.3 is 0 Å². The molecule has 192 valence electrons. The molecule has 5 rings (SSSR count). The van der Waals surface area contributed by atoms with Crippen molar-refractivity contribution in [3.63, 3.8) is 0 Å². The number of ketones is 1. The van der Waals surface area contributed by atoms with E-state index in [-0.39, 0.29) is 22.3 Å². The Labute approximate surface area is 224 Å². The van der Waals surface area contributed by atoms with Gasteiger partial charge in [-0.2, -0.15) is 10.5 Å². The highest BCUT2D eigenvalue weighted by molar-refractivity contribution is 6.14. The molecule has 1 saturated heterocycles. The number of halogens is 2. The van der Waals surface area contributed by atoms with E-state index in [9.17, 15) is 24.1 Å². The molecule has 39 heavy (non-hydrogen) atoms. The summed E-state index contributed by atoms with van der Waals surface area (Å²) in [4.78, 5) is 14.0. The number of benzene rings is 4. The van der Waals surface area contributed by atoms with Gasteiger partial charge in [0.15, 0.2) is 12.1 Å². The van der Waals surface area contributed by atoms with E-state index in [2.05, 4.69) is 0 Å². The van der Waals surface area contributed by atoms with Gasteiger partial charge in [-0.3, -0.25) is 4.79 Å². The quantitative estimate of drug-likeness (QED) is 0.252. The molecule has 7 heteroatoms. The summed E-state index contributed by atoms with van der Waals surface area (Å²) in [5, 5.41) is 19.2. The zero-order valence-corrected chi connectivity index (χ0v) is 20.8. The van der Waals surface area contributed by atoms with E-state index in [0.717, 1.165) is 19.3 Å². The van der Waals surface area contributed by atoms with E-state index in [1.54, 1.807) is 48.5 Å². The fourth-order valence-electron chi connectivity index (χ4n) is 4.70. The van der Waals surface area contributed by atoms with Gasteiger partial charge in [0.05, 0.1) is 17.7 Å². The van der Waals surface area contributed by atoms with Gasteiger partial charge in [-0.1, -0.05) is 48.5 Å². The molecular weight excluding hydrogens is 498 g/mol. The lowest BCUT2D eigenvalue weighted by Gasteiger charge is -2.23. The molecule has 0 N–H and O–H groups in total. The number of hydrogen-bond acceptors (Lipinski definition) is 5. The predicted octanol–water partition coefficient (Wildman–Crippen LogP) is 7.18. The second-order valence-corrected chi connectivity index (χ2v) is 9.08. The molecule has 1 unspecified atom stereocenters. The van der Waals surface area contributed by atoms with Crippen molar-refractivity contribution < 1.29 is 23.0 Å². The Morgan fingerprint density at radius 3 is 2.21 bits per heavy atom. The van der Waals surface area contributed by atoms with Crippen LogP contribution in [0.3, 0.4) is 0 Å². The SMILES string of the molecule is N#Cc1c(F)cccc1-c1ccc(-c2cccc(F)c2C#N)c(C(=O)c2cccc(OC3CCCCO3)c2)c1. The minimum Gasteiger partial charge on any atom is -0.465 e. The van der Waals surface area contributed by atoms with Crippen molar-refractivity contribution in [1.29, 1.82) is 10.5 Å². The average Bonchev–Trinajstić information content (AvgIpc) is 2.97. The van der Waals surface area contributed by atoms with Crippen LogP contribution in [0, 0.1) is 34.3 Å². The molecule has 0 bridgehead atoms. The van der Waals surface area contributed by atoms with Crippen LogP contribution in [0.15, 0.2) is 78.9 Å². The third-order valence-corrected chi connectivity index (χ3v) is 6.62. The number of nitrogens with zero attached hydrogens (tertiary/aromatic N) is 2. The van der Waals surface area contributed by atoms with Crippen LogP contribution in [0.5, 0.6) is 5.75 Å². The van der Waals surface area contributed by atoms with Crippen LogP contribution in [-0.4, -0.2) is 18.7 Å². The Bertz CT molecular complexity index is 1650. The van der Waals surface area contributed by atoms with Gasteiger partial charge in [-0.15, -0.1) is 0 Å². The van der Waals surface area contributed by atoms with Crippen LogP contribution < -0.4 is 4.74 Å². The first kappa shape index (κ1) is 25.8. The highest BCUT2D eigenvalue weighted by atomic mass is 19.1. The molecule has 0 spiro atoms. The van der Waals surface area contributed by atoms with Gasteiger partial charge in [-0.25, -0.2) is 8.78 Å². The summed E-state index contributed by atoms with van der Waals surface area (Å²) in [5.74, 6) is -1.34. The third-order valence-electron chi connectivity index (χ3n) is 6.62. The third kappa shape index (κ3) is 5.27. The minimum absolute atomic E-state index is 0.157. The van der Waals surface area contributed by atoms with Crippen molar-refractivity contribution in [2.45, 2.75) is 25.6 Å². The normalized spacial score (nSPS) is 14.7. The van der Waals surface area contributed by atoms with Crippen LogP contribution in [0.25, 0.3) is 22.3 Å². The Morgan fingerprint density at radius 2 is 1.51 bits per heavy atom. The molecule has 1 fully saturated rings. The van der Waals surface area contributed by atoms with Crippen LogP contribution >= 0.6 is 0 Å². The molecule has 0 radical (unpaired) electrons. The number of carbonyl (C=O) groups is 1. The summed E-state index contributed by atoms with van der Waals surface area (Å²) in [5.41, 5.74) is 1.42. The molecule has 1 aliphatic rings. The van der Waals surface area contributed by atoms with Gasteiger partial charge in [0, 0.05) is 28.7 Å². The fraction of sp³-hybridized carbons (Fsp3) is 0.156. The number of ether oxygens (including phenoxy) is 2. The maximum atomic E-state index is 14.5. The Hall–Kier alpha value is -4.85. The van der Waals surface area contributed by atoms with E-state index in [0.29, 0.717) is 34.6 Å². The number of hydrogen-bond donors (Lipinski definition) is 0. The van der Waals surface area contributed by atoms with Crippen LogP contribution in [-0.2, 0) is 4.74 Å². The topological polar surface area (TPSA) is 83.1 Å². The van der Waals surface area contributed by atoms with Crippen molar-refractivity contribution >= 4 is 5.78 Å². The largest absolute Gasteiger partial charge is 0.465 e. The summed E-state index contributed by atoms with van der Waals surface area (Å²) in [7, 11) is 0. The molecule has 1 heterocycles. The molecule has 4 aromatic carbocycles. The summed E-state index contributed by atoms with van der Waals surface area (Å²) in [6.07, 6.45) is 2.31. The van der Waals surface area contributed by atoms with E-state index < -0.39 is 23.7 Å². The first-order valence-corrected chi connectivity index (χ1v) is 12.4. The smallest absolute Gasteiger partial charge is 0.199 e. The van der Waals surface area contributed by atoms with Crippen molar-refractivity contribution in [3.8, 4) is 40.1 Å². The Kier molecular flexibility index (Phi) is 7.45. The lowest BCUT2D eigenvalue weighted by molar-refractivity contribution is -0.105. The zero-order valence-electron chi connectivity index (χ0n) is 20.8. The van der Waals surface area contributed by atoms with Gasteiger partial charge < -0.3 is 9.47 Å². The van der Waals surface area contributed by atoms with E-state index in [4.69, 9.17) is 9.47 Å². The fourth-order valence-corrected chi connectivity index (χ4v) is 4.70. The minimum atomic E-state index is -0.711. The molecule has 1 aliphatic heterocycles. The van der Waals surface area contributed by atoms with Crippen molar-refractivity contribution in [3.05, 3.63) is 113 Å². The molecule has 0 aliphatic carbocycles. The summed E-state index contributed by atoms with van der Waals surface area (Å²) in [6.45, 7) is 0.610. The van der Waals surface area contributed by atoms with E-state index in [1.165, 1.54) is 30.3 Å². The standard InChI is InChI=1S/C32H22F2N2O3/c33-29-10-4-8-23(27(29)18-35)20-13-14-25(24-9-5-11-30(34)28(24)19-36)26(17-20)32(37)21-6-3-7-22(16-21)39-31-12-1-2-15-38-31/h3-11,13-14,16-17,31H,1-2,12,15H2. The number of rotatable bonds is 6. The molecule has 1 atom stereocenters. The first-order valence-electron chi connectivity index (χ1n) is 12.4. The second-order valence-electron chi connectivity index (χ2n) is 9.08. The van der Waals surface area contributed by atoms with Gasteiger partial charge in [-0.05, 0) is 54.3 Å². The van der Waals surface area contributed by atoms with Gasteiger partial charge in [0.1, 0.15) is 29.5 Å². The monoisotopic (exact) mass is 520 g/mol. The zero-order chi connectivity index (χ0) is 27.4. The van der Waals surface area contributed by atoms with E-state index >= 15 is 0 Å². The molecule has 0 aromatic heterocycles. The first-order chi connectivity index (χ1) is 19.0. The number of nitriles is 2. The van der Waals surface area contributed by atoms with Crippen LogP contribution in [0.2, 0.25) is 0 Å². The van der Waals surface area contributed by atoms with Crippen molar-refractivity contribution in [1.82, 2.24) is 0 Å². The summed E-state index contributed by atoms with van der Waals surface area (Å²) < 4.78 is 40.5. The highest BCUT2D eigenvalue weighted by Gasteiger charge is 2.22. The Balaban J connectivity index is 1.64. The molecular formula is C32H22F2N2O3. The van der Waals surface area contributed by atoms with Crippen molar-refractivity contribution in [2.75, 3.05) is 6.61 Å². The maximum Gasteiger partial charge on any atom is 0.199 e. The average molecular weight is 521 g/mol. The van der Waals surface area contributed by atoms with E-state index in [1.807, 2.05) is 12.1 Å². The molecule has 4 aromatic rings. The molecule has 0 saturated carbocycles. The summed E-state index contributed by atoms with van der Waals surface area (Å²) >= 11 is 0. The number of carbonyl (C=O) groups excluding carboxylic acids is 1. The van der Waals surface area contributed by atoms with Gasteiger partial charge in [0.2, 0.25) is 0 Å². The lowest BCUT2D eigenvalue weighted by Crippen LogP contribution is -2.25. The molecule has 0 amide bonds. The predicted molar refractivity (Wildman–Crippen MR) is 141 cm³/mol. The van der Waals surface area contributed by atoms with Gasteiger partial charge in [0.25, 0.3) is 0 Å². The lowest BCUT2D eigenvalue weighted by atomic mass is 9.88. The highest BCUT2D eigenvalue weighted by Crippen LogP contribution is 2.35.